The zero-order chi connectivity index (χ0) is 23.6. The Bertz CT molecular complexity index is 915. The van der Waals surface area contributed by atoms with Crippen LogP contribution >= 0.6 is 0 Å². The van der Waals surface area contributed by atoms with Crippen LogP contribution in [0.4, 0.5) is 18.9 Å². The van der Waals surface area contributed by atoms with Gasteiger partial charge in [-0.05, 0) is 51.3 Å². The number of hydrogen-bond donors (Lipinski definition) is 2. The number of carbonyl (C=O) groups is 1. The molecule has 5 nitrogen and oxygen atoms in total. The van der Waals surface area contributed by atoms with Crippen LogP contribution in [0.5, 0.6) is 0 Å². The first-order valence-electron chi connectivity index (χ1n) is 11.6. The van der Waals surface area contributed by atoms with E-state index in [9.17, 15) is 18.0 Å². The molecule has 2 heterocycles. The van der Waals surface area contributed by atoms with Gasteiger partial charge in [0.25, 0.3) is 0 Å². The number of benzene rings is 1. The van der Waals surface area contributed by atoms with Gasteiger partial charge < -0.3 is 20.1 Å². The van der Waals surface area contributed by atoms with Crippen LogP contribution in [0.3, 0.4) is 0 Å². The average Bonchev–Trinajstić information content (AvgIpc) is 2.81. The number of fused-ring (bicyclic) bond motifs is 3. The average molecular weight is 465 g/mol. The summed E-state index contributed by atoms with van der Waals surface area (Å²) in [5, 5.41) is 6.68. The van der Waals surface area contributed by atoms with Crippen LogP contribution in [-0.4, -0.2) is 37.3 Å². The molecule has 4 rings (SSSR count). The molecule has 1 aliphatic carbocycles. The summed E-state index contributed by atoms with van der Waals surface area (Å²) in [4.78, 5) is 11.9. The summed E-state index contributed by atoms with van der Waals surface area (Å²) in [6, 6.07) is 3.48. The number of alkyl halides is 3. The van der Waals surface area contributed by atoms with E-state index in [0.717, 1.165) is 25.3 Å². The Kier molecular flexibility index (Phi) is 7.14. The maximum Gasteiger partial charge on any atom is 0.416 e. The van der Waals surface area contributed by atoms with Crippen LogP contribution in [0.15, 0.2) is 42.5 Å². The van der Waals surface area contributed by atoms with E-state index in [1.807, 2.05) is 12.2 Å². The van der Waals surface area contributed by atoms with Gasteiger partial charge in [-0.3, -0.25) is 4.79 Å². The summed E-state index contributed by atoms with van der Waals surface area (Å²) in [5.41, 5.74) is 0.593. The number of ether oxygens (including phenoxy) is 2. The molecule has 0 bridgehead atoms. The Morgan fingerprint density at radius 1 is 1.30 bits per heavy atom. The highest BCUT2D eigenvalue weighted by Crippen LogP contribution is 2.49. The monoisotopic (exact) mass is 464 g/mol. The molecule has 0 amide bonds. The third kappa shape index (κ3) is 5.27. The molecule has 1 saturated heterocycles. The minimum atomic E-state index is -4.41. The van der Waals surface area contributed by atoms with Crippen LogP contribution in [0, 0.1) is 11.8 Å². The Balaban J connectivity index is 1.56. The van der Waals surface area contributed by atoms with Gasteiger partial charge in [-0.15, -0.1) is 0 Å². The molecule has 0 spiro atoms. The predicted octanol–water partition coefficient (Wildman–Crippen LogP) is 5.01. The van der Waals surface area contributed by atoms with Crippen molar-refractivity contribution in [2.24, 2.45) is 11.8 Å². The van der Waals surface area contributed by atoms with Gasteiger partial charge in [0.2, 0.25) is 0 Å². The van der Waals surface area contributed by atoms with Crippen molar-refractivity contribution >= 4 is 11.7 Å². The highest BCUT2D eigenvalue weighted by Gasteiger charge is 2.45. The quantitative estimate of drug-likeness (QED) is 0.580. The first-order valence-corrected chi connectivity index (χ1v) is 11.6. The molecule has 3 aliphatic rings. The van der Waals surface area contributed by atoms with Gasteiger partial charge in [-0.2, -0.15) is 13.2 Å². The van der Waals surface area contributed by atoms with Crippen LogP contribution < -0.4 is 10.6 Å². The number of allylic oxidation sites excluding steroid dienone is 3. The topological polar surface area (TPSA) is 59.6 Å². The Hall–Kier alpha value is -2.32. The van der Waals surface area contributed by atoms with Crippen LogP contribution in [0.2, 0.25) is 0 Å². The van der Waals surface area contributed by atoms with Crippen molar-refractivity contribution in [2.45, 2.75) is 63.6 Å². The summed E-state index contributed by atoms with van der Waals surface area (Å²) in [7, 11) is 0. The lowest BCUT2D eigenvalue weighted by molar-refractivity contribution is -0.145. The molecule has 2 unspecified atom stereocenters. The first kappa shape index (κ1) is 23.8. The number of halogens is 3. The van der Waals surface area contributed by atoms with Crippen molar-refractivity contribution in [3.63, 3.8) is 0 Å². The van der Waals surface area contributed by atoms with Gasteiger partial charge in [0.1, 0.15) is 6.04 Å². The lowest BCUT2D eigenvalue weighted by Crippen LogP contribution is -2.49. The minimum Gasteiger partial charge on any atom is -0.465 e. The van der Waals surface area contributed by atoms with Crippen molar-refractivity contribution < 1.29 is 27.4 Å². The maximum atomic E-state index is 13.4. The van der Waals surface area contributed by atoms with E-state index >= 15 is 0 Å². The molecule has 1 aromatic carbocycles. The molecule has 0 aromatic heterocycles. The van der Waals surface area contributed by atoms with Crippen molar-refractivity contribution in [3.8, 4) is 0 Å². The smallest absolute Gasteiger partial charge is 0.416 e. The molecule has 1 aromatic rings. The van der Waals surface area contributed by atoms with Crippen molar-refractivity contribution in [3.05, 3.63) is 53.6 Å². The lowest BCUT2D eigenvalue weighted by Gasteiger charge is -2.48. The van der Waals surface area contributed by atoms with Gasteiger partial charge >= 0.3 is 12.1 Å². The molecule has 2 aliphatic heterocycles. The number of anilines is 1. The second-order valence-electron chi connectivity index (χ2n) is 8.98. The first-order chi connectivity index (χ1) is 15.8. The number of esters is 1. The van der Waals surface area contributed by atoms with E-state index in [4.69, 9.17) is 9.47 Å². The van der Waals surface area contributed by atoms with Crippen molar-refractivity contribution in [1.29, 1.82) is 0 Å². The fraction of sp³-hybridized carbons (Fsp3) is 0.560. The molecule has 1 fully saturated rings. The van der Waals surface area contributed by atoms with E-state index in [-0.39, 0.29) is 30.0 Å². The molecule has 0 radical (unpaired) electrons. The van der Waals surface area contributed by atoms with Gasteiger partial charge in [-0.1, -0.05) is 24.3 Å². The van der Waals surface area contributed by atoms with Gasteiger partial charge in [0.15, 0.2) is 0 Å². The largest absolute Gasteiger partial charge is 0.465 e. The molecule has 6 atom stereocenters. The van der Waals surface area contributed by atoms with Gasteiger partial charge in [0.05, 0.1) is 24.4 Å². The van der Waals surface area contributed by atoms with Crippen LogP contribution in [-0.2, 0) is 20.4 Å². The van der Waals surface area contributed by atoms with Crippen molar-refractivity contribution in [1.82, 2.24) is 5.32 Å². The zero-order valence-electron chi connectivity index (χ0n) is 18.9. The van der Waals surface area contributed by atoms with E-state index in [2.05, 4.69) is 22.8 Å². The normalized spacial score (nSPS) is 29.5. The summed E-state index contributed by atoms with van der Waals surface area (Å²) in [5.74, 6) is -0.0219. The number of hydrogen-bond acceptors (Lipinski definition) is 5. The molecular formula is C25H31F3N2O3. The highest BCUT2D eigenvalue weighted by atomic mass is 19.4. The Morgan fingerprint density at radius 2 is 2.12 bits per heavy atom. The SMILES string of the molecule is CCOC(=O)C(C)NC[C@H]1CC[C@@H]2[C@H](O1)c1cc(C(F)(F)F)ccc1N[C@H]2C1C=CC=CC1. The standard InChI is InChI=1S/C25H31F3N2O3/c1-3-32-24(31)15(2)29-14-18-10-11-19-22(16-7-5-4-6-8-16)30-21-12-9-17(25(26,27)28)13-20(21)23(19)33-18/h4-7,9,12-13,15-16,18-19,22-23,29-30H,3,8,10-11,14H2,1-2H3/t15?,16?,18-,19+,22+,23+/m1/s1. The number of nitrogens with one attached hydrogen (secondary N) is 2. The molecule has 180 valence electrons. The van der Waals surface area contributed by atoms with E-state index in [1.54, 1.807) is 13.8 Å². The third-order valence-electron chi connectivity index (χ3n) is 6.79. The fourth-order valence-corrected chi connectivity index (χ4v) is 5.07. The fourth-order valence-electron chi connectivity index (χ4n) is 5.07. The van der Waals surface area contributed by atoms with Gasteiger partial charge in [0, 0.05) is 35.7 Å². The summed E-state index contributed by atoms with van der Waals surface area (Å²) >= 11 is 0. The minimum absolute atomic E-state index is 0.0564. The lowest BCUT2D eigenvalue weighted by atomic mass is 9.73. The van der Waals surface area contributed by atoms with E-state index in [1.165, 1.54) is 12.1 Å². The van der Waals surface area contributed by atoms with Crippen molar-refractivity contribution in [2.75, 3.05) is 18.5 Å². The molecule has 8 heteroatoms. The summed E-state index contributed by atoms with van der Waals surface area (Å²) < 4.78 is 51.8. The second-order valence-corrected chi connectivity index (χ2v) is 8.98. The number of rotatable bonds is 6. The Labute approximate surface area is 192 Å². The summed E-state index contributed by atoms with van der Waals surface area (Å²) in [6.45, 7) is 4.23. The summed E-state index contributed by atoms with van der Waals surface area (Å²) in [6.07, 6.45) is 5.75. The third-order valence-corrected chi connectivity index (χ3v) is 6.79. The Morgan fingerprint density at radius 3 is 2.82 bits per heavy atom. The molecule has 33 heavy (non-hydrogen) atoms. The number of carbonyl (C=O) groups excluding carboxylic acids is 1. The predicted molar refractivity (Wildman–Crippen MR) is 120 cm³/mol. The zero-order valence-corrected chi connectivity index (χ0v) is 18.9. The second kappa shape index (κ2) is 9.89. The molecular weight excluding hydrogens is 433 g/mol. The van der Waals surface area contributed by atoms with Crippen LogP contribution in [0.25, 0.3) is 0 Å². The van der Waals surface area contributed by atoms with Crippen LogP contribution in [0.1, 0.15) is 50.3 Å². The van der Waals surface area contributed by atoms with Gasteiger partial charge in [-0.25, -0.2) is 0 Å². The highest BCUT2D eigenvalue weighted by molar-refractivity contribution is 5.75. The van der Waals surface area contributed by atoms with E-state index in [0.29, 0.717) is 24.4 Å². The maximum absolute atomic E-state index is 13.4. The molecule has 0 saturated carbocycles. The van der Waals surface area contributed by atoms with E-state index < -0.39 is 23.9 Å². The molecule has 2 N–H and O–H groups in total.